The van der Waals surface area contributed by atoms with Crippen LogP contribution in [0.25, 0.3) is 0 Å². The minimum absolute atomic E-state index is 0.0228. The van der Waals surface area contributed by atoms with Crippen LogP contribution in [0.3, 0.4) is 0 Å². The van der Waals surface area contributed by atoms with Gasteiger partial charge in [-0.1, -0.05) is 32.0 Å². The summed E-state index contributed by atoms with van der Waals surface area (Å²) in [5.74, 6) is -1.20. The van der Waals surface area contributed by atoms with Crippen molar-refractivity contribution in [2.45, 2.75) is 52.1 Å². The Labute approximate surface area is 168 Å². The van der Waals surface area contributed by atoms with E-state index >= 15 is 0 Å². The Balaban J connectivity index is 2.05. The molecule has 29 heavy (non-hydrogen) atoms. The van der Waals surface area contributed by atoms with Crippen LogP contribution in [0, 0.1) is 5.41 Å². The number of Topliss-reactive ketones (excluding diaryl/α,β-unsaturated/α-hetero) is 1. The topological polar surface area (TPSA) is 108 Å². The minimum Gasteiger partial charge on any atom is -0.459 e. The molecule has 1 aromatic rings. The summed E-state index contributed by atoms with van der Waals surface area (Å²) in [6, 6.07) is 6.92. The lowest BCUT2D eigenvalue weighted by Gasteiger charge is -2.43. The summed E-state index contributed by atoms with van der Waals surface area (Å²) in [7, 11) is 0. The van der Waals surface area contributed by atoms with Crippen LogP contribution in [-0.2, 0) is 24.5 Å². The van der Waals surface area contributed by atoms with Crippen LogP contribution in [0.15, 0.2) is 46.9 Å². The Hall–Kier alpha value is -3.09. The Morgan fingerprint density at radius 2 is 1.90 bits per heavy atom. The fraction of sp³-hybridized carbons (Fsp3) is 0.409. The Bertz CT molecular complexity index is 1020. The molecule has 0 fully saturated rings. The van der Waals surface area contributed by atoms with Gasteiger partial charge in [0.15, 0.2) is 11.2 Å². The highest BCUT2D eigenvalue weighted by atomic mass is 16.6. The van der Waals surface area contributed by atoms with E-state index in [2.05, 4.69) is 5.32 Å². The van der Waals surface area contributed by atoms with Gasteiger partial charge in [0.2, 0.25) is 0 Å². The molecule has 152 valence electrons. The van der Waals surface area contributed by atoms with E-state index in [0.29, 0.717) is 29.7 Å². The van der Waals surface area contributed by atoms with Crippen molar-refractivity contribution in [3.63, 3.8) is 0 Å². The van der Waals surface area contributed by atoms with E-state index in [9.17, 15) is 14.4 Å². The van der Waals surface area contributed by atoms with Crippen LogP contribution in [0.2, 0.25) is 0 Å². The third-order valence-electron chi connectivity index (χ3n) is 5.58. The number of hydrogen-bond acceptors (Lipinski definition) is 7. The third-order valence-corrected chi connectivity index (χ3v) is 5.58. The minimum atomic E-state index is -1.60. The molecule has 0 saturated carbocycles. The largest absolute Gasteiger partial charge is 0.459 e. The SMILES string of the molecule is CC(C)OC(=O)C1=C(N)NC2=C(CC(C)(C)CC2=O)C12C(=O)Oc1ccccc12. The molecule has 1 aromatic carbocycles. The second-order valence-electron chi connectivity index (χ2n) is 8.80. The zero-order valence-electron chi connectivity index (χ0n) is 16.9. The summed E-state index contributed by atoms with van der Waals surface area (Å²) >= 11 is 0. The van der Waals surface area contributed by atoms with E-state index < -0.39 is 23.5 Å². The second kappa shape index (κ2) is 6.20. The molecule has 0 bridgehead atoms. The zero-order valence-corrected chi connectivity index (χ0v) is 16.9. The summed E-state index contributed by atoms with van der Waals surface area (Å²) in [6.45, 7) is 7.36. The molecule has 0 amide bonds. The number of rotatable bonds is 2. The summed E-state index contributed by atoms with van der Waals surface area (Å²) in [5, 5.41) is 2.89. The molecule has 0 saturated heterocycles. The van der Waals surface area contributed by atoms with Crippen LogP contribution in [-0.4, -0.2) is 23.8 Å². The van der Waals surface area contributed by atoms with Gasteiger partial charge in [-0.2, -0.15) is 0 Å². The van der Waals surface area contributed by atoms with Gasteiger partial charge < -0.3 is 20.5 Å². The van der Waals surface area contributed by atoms with Gasteiger partial charge in [0.05, 0.1) is 11.8 Å². The van der Waals surface area contributed by atoms with Gasteiger partial charge in [-0.15, -0.1) is 0 Å². The number of fused-ring (bicyclic) bond motifs is 3. The molecule has 4 rings (SSSR count). The predicted molar refractivity (Wildman–Crippen MR) is 104 cm³/mol. The van der Waals surface area contributed by atoms with Crippen molar-refractivity contribution < 1.29 is 23.9 Å². The van der Waals surface area contributed by atoms with E-state index in [1.807, 2.05) is 13.8 Å². The first kappa shape index (κ1) is 19.2. The maximum Gasteiger partial charge on any atom is 0.339 e. The Kier molecular flexibility index (Phi) is 4.12. The molecular formula is C22H24N2O5. The van der Waals surface area contributed by atoms with Crippen molar-refractivity contribution in [2.24, 2.45) is 11.1 Å². The number of para-hydroxylation sites is 1. The normalized spacial score (nSPS) is 25.0. The number of nitrogens with one attached hydrogen (secondary N) is 1. The molecule has 0 radical (unpaired) electrons. The molecule has 2 heterocycles. The molecule has 3 N–H and O–H groups in total. The van der Waals surface area contributed by atoms with Gasteiger partial charge in [-0.25, -0.2) is 9.59 Å². The summed E-state index contributed by atoms with van der Waals surface area (Å²) < 4.78 is 11.0. The van der Waals surface area contributed by atoms with E-state index in [1.54, 1.807) is 38.1 Å². The number of carbonyl (C=O) groups is 3. The van der Waals surface area contributed by atoms with Crippen molar-refractivity contribution in [2.75, 3.05) is 0 Å². The quantitative estimate of drug-likeness (QED) is 0.583. The lowest BCUT2D eigenvalue weighted by atomic mass is 9.60. The van der Waals surface area contributed by atoms with Crippen LogP contribution in [0.5, 0.6) is 5.75 Å². The van der Waals surface area contributed by atoms with Gasteiger partial charge in [0, 0.05) is 12.0 Å². The lowest BCUT2D eigenvalue weighted by molar-refractivity contribution is -0.147. The van der Waals surface area contributed by atoms with E-state index in [-0.39, 0.29) is 28.3 Å². The van der Waals surface area contributed by atoms with Crippen molar-refractivity contribution in [1.82, 2.24) is 5.32 Å². The average molecular weight is 396 g/mol. The van der Waals surface area contributed by atoms with Crippen LogP contribution >= 0.6 is 0 Å². The van der Waals surface area contributed by atoms with Crippen molar-refractivity contribution in [3.05, 3.63) is 52.5 Å². The van der Waals surface area contributed by atoms with Gasteiger partial charge >= 0.3 is 11.9 Å². The first-order valence-electron chi connectivity index (χ1n) is 9.65. The number of ketones is 1. The second-order valence-corrected chi connectivity index (χ2v) is 8.80. The molecule has 2 aliphatic heterocycles. The number of esters is 2. The van der Waals surface area contributed by atoms with Crippen molar-refractivity contribution in [1.29, 1.82) is 0 Å². The third kappa shape index (κ3) is 2.68. The first-order valence-corrected chi connectivity index (χ1v) is 9.65. The number of dihydropyridines is 1. The van der Waals surface area contributed by atoms with Gasteiger partial charge in [0.25, 0.3) is 0 Å². The number of ether oxygens (including phenoxy) is 2. The first-order chi connectivity index (χ1) is 13.6. The molecule has 3 aliphatic rings. The highest BCUT2D eigenvalue weighted by Gasteiger charge is 2.62. The van der Waals surface area contributed by atoms with Gasteiger partial charge in [0.1, 0.15) is 17.1 Å². The molecule has 1 atom stereocenters. The molecule has 1 spiro atoms. The molecule has 1 aliphatic carbocycles. The Morgan fingerprint density at radius 3 is 2.59 bits per heavy atom. The van der Waals surface area contributed by atoms with Gasteiger partial charge in [-0.05, 0) is 37.3 Å². The maximum atomic E-state index is 13.4. The molecule has 7 heteroatoms. The van der Waals surface area contributed by atoms with E-state index in [0.717, 1.165) is 0 Å². The summed E-state index contributed by atoms with van der Waals surface area (Å²) in [4.78, 5) is 39.5. The number of hydrogen-bond donors (Lipinski definition) is 2. The fourth-order valence-corrected chi connectivity index (χ4v) is 4.55. The Morgan fingerprint density at radius 1 is 1.21 bits per heavy atom. The number of nitrogens with two attached hydrogens (primary N) is 1. The highest BCUT2D eigenvalue weighted by Crippen LogP contribution is 2.56. The summed E-state index contributed by atoms with van der Waals surface area (Å²) in [5.41, 5.74) is 5.52. The molecule has 1 unspecified atom stereocenters. The average Bonchev–Trinajstić information content (AvgIpc) is 2.88. The number of carbonyl (C=O) groups excluding carboxylic acids is 3. The number of benzene rings is 1. The molecule has 0 aromatic heterocycles. The maximum absolute atomic E-state index is 13.4. The monoisotopic (exact) mass is 396 g/mol. The van der Waals surface area contributed by atoms with Crippen LogP contribution in [0.1, 0.15) is 46.1 Å². The van der Waals surface area contributed by atoms with E-state index in [1.165, 1.54) is 0 Å². The van der Waals surface area contributed by atoms with Crippen molar-refractivity contribution in [3.8, 4) is 5.75 Å². The van der Waals surface area contributed by atoms with Crippen LogP contribution in [0.4, 0.5) is 0 Å². The van der Waals surface area contributed by atoms with Crippen molar-refractivity contribution >= 4 is 17.7 Å². The van der Waals surface area contributed by atoms with E-state index in [4.69, 9.17) is 15.2 Å². The predicted octanol–water partition coefficient (Wildman–Crippen LogP) is 2.21. The van der Waals surface area contributed by atoms with Gasteiger partial charge in [-0.3, -0.25) is 4.79 Å². The summed E-state index contributed by atoms with van der Waals surface area (Å²) in [6.07, 6.45) is 0.327. The highest BCUT2D eigenvalue weighted by molar-refractivity contribution is 6.11. The molecule has 7 nitrogen and oxygen atoms in total. The smallest absolute Gasteiger partial charge is 0.339 e. The zero-order chi connectivity index (χ0) is 21.1. The fourth-order valence-electron chi connectivity index (χ4n) is 4.55. The molecular weight excluding hydrogens is 372 g/mol. The number of allylic oxidation sites excluding steroid dienone is 1. The van der Waals surface area contributed by atoms with Crippen LogP contribution < -0.4 is 15.8 Å². The standard InChI is InChI=1S/C22H24N2O5/c1-11(2)28-19(26)16-18(23)24-17-13(9-21(3,4)10-14(17)25)22(16)12-7-5-6-8-15(12)29-20(22)27/h5-8,11,24H,9-10,23H2,1-4H3. The lowest BCUT2D eigenvalue weighted by Crippen LogP contribution is -2.52.